The van der Waals surface area contributed by atoms with Crippen LogP contribution in [0.25, 0.3) is 0 Å². The highest BCUT2D eigenvalue weighted by Crippen LogP contribution is 2.23. The van der Waals surface area contributed by atoms with Crippen LogP contribution in [0.1, 0.15) is 33.6 Å². The highest BCUT2D eigenvalue weighted by molar-refractivity contribution is 4.82. The summed E-state index contributed by atoms with van der Waals surface area (Å²) in [6, 6.07) is 0. The molecule has 1 saturated heterocycles. The van der Waals surface area contributed by atoms with Crippen LogP contribution in [0.4, 0.5) is 0 Å². The first-order valence-corrected chi connectivity index (χ1v) is 6.62. The molecule has 0 bridgehead atoms. The van der Waals surface area contributed by atoms with Gasteiger partial charge in [-0.3, -0.25) is 0 Å². The van der Waals surface area contributed by atoms with Gasteiger partial charge in [-0.05, 0) is 25.7 Å². The summed E-state index contributed by atoms with van der Waals surface area (Å²) in [6.07, 6.45) is 1.80. The molecule has 1 fully saturated rings. The van der Waals surface area contributed by atoms with Crippen LogP contribution in [0.15, 0.2) is 0 Å². The van der Waals surface area contributed by atoms with E-state index in [1.807, 2.05) is 0 Å². The monoisotopic (exact) mass is 245 g/mol. The lowest BCUT2D eigenvalue weighted by atomic mass is 10.0. The number of aliphatic hydroxyl groups is 1. The number of ether oxygens (including phenoxy) is 2. The lowest BCUT2D eigenvalue weighted by Crippen LogP contribution is -2.41. The lowest BCUT2D eigenvalue weighted by molar-refractivity contribution is 0.00743. The van der Waals surface area contributed by atoms with Crippen LogP contribution in [0.5, 0.6) is 0 Å². The maximum Gasteiger partial charge on any atom is 0.0897 e. The van der Waals surface area contributed by atoms with E-state index in [-0.39, 0.29) is 5.60 Å². The first-order valence-electron chi connectivity index (χ1n) is 6.62. The summed E-state index contributed by atoms with van der Waals surface area (Å²) in [7, 11) is 0. The summed E-state index contributed by atoms with van der Waals surface area (Å²) >= 11 is 0. The molecular formula is C13H27NO3. The first-order chi connectivity index (χ1) is 8.02. The van der Waals surface area contributed by atoms with E-state index < -0.39 is 6.10 Å². The fourth-order valence-electron chi connectivity index (χ4n) is 1.98. The minimum atomic E-state index is -0.432. The third-order valence-corrected chi connectivity index (χ3v) is 2.94. The van der Waals surface area contributed by atoms with Crippen molar-refractivity contribution < 1.29 is 14.6 Å². The molecule has 2 unspecified atom stereocenters. The third-order valence-electron chi connectivity index (χ3n) is 2.94. The predicted octanol–water partition coefficient (Wildman–Crippen LogP) is 1.18. The van der Waals surface area contributed by atoms with Gasteiger partial charge in [-0.25, -0.2) is 0 Å². The Morgan fingerprint density at radius 3 is 2.76 bits per heavy atom. The van der Waals surface area contributed by atoms with Gasteiger partial charge in [0.15, 0.2) is 0 Å². The second-order valence-electron chi connectivity index (χ2n) is 5.62. The van der Waals surface area contributed by atoms with Crippen molar-refractivity contribution in [3.63, 3.8) is 0 Å². The van der Waals surface area contributed by atoms with Gasteiger partial charge in [-0.15, -0.1) is 0 Å². The molecule has 1 aliphatic rings. The molecule has 0 amide bonds. The van der Waals surface area contributed by atoms with E-state index in [2.05, 4.69) is 26.1 Å². The molecule has 1 aliphatic heterocycles. The van der Waals surface area contributed by atoms with Crippen LogP contribution in [-0.2, 0) is 9.47 Å². The van der Waals surface area contributed by atoms with Crippen molar-refractivity contribution in [1.82, 2.24) is 5.32 Å². The predicted molar refractivity (Wildman–Crippen MR) is 68.1 cm³/mol. The molecule has 102 valence electrons. The van der Waals surface area contributed by atoms with Gasteiger partial charge in [0.05, 0.1) is 18.3 Å². The van der Waals surface area contributed by atoms with Crippen LogP contribution in [-0.4, -0.2) is 49.7 Å². The maximum absolute atomic E-state index is 9.69. The topological polar surface area (TPSA) is 50.7 Å². The number of hydrogen-bond acceptors (Lipinski definition) is 4. The first kappa shape index (κ1) is 14.9. The third kappa shape index (κ3) is 6.36. The minimum Gasteiger partial charge on any atom is -0.389 e. The van der Waals surface area contributed by atoms with Crippen molar-refractivity contribution in [3.05, 3.63) is 0 Å². The summed E-state index contributed by atoms with van der Waals surface area (Å²) in [5.41, 5.74) is -0.0431. The molecule has 1 heterocycles. The Kier molecular flexibility index (Phi) is 6.41. The Morgan fingerprint density at radius 1 is 1.41 bits per heavy atom. The normalized spacial score (nSPS) is 26.6. The molecule has 0 spiro atoms. The van der Waals surface area contributed by atoms with Gasteiger partial charge in [-0.1, -0.05) is 13.8 Å². The molecule has 0 aromatic heterocycles. The fourth-order valence-corrected chi connectivity index (χ4v) is 1.98. The minimum absolute atomic E-state index is 0.0431. The summed E-state index contributed by atoms with van der Waals surface area (Å²) in [5, 5.41) is 12.9. The molecule has 0 aliphatic carbocycles. The quantitative estimate of drug-likeness (QED) is 0.674. The number of rotatable bonds is 8. The second-order valence-corrected chi connectivity index (χ2v) is 5.62. The standard InChI is InChI=1S/C13H27NO3/c1-11(2)8-16-9-12(15)7-14-10-13(3)5-4-6-17-13/h11-12,14-15H,4-10H2,1-3H3. The highest BCUT2D eigenvalue weighted by atomic mass is 16.5. The number of hydrogen-bond donors (Lipinski definition) is 2. The smallest absolute Gasteiger partial charge is 0.0897 e. The Balaban J connectivity index is 2.01. The van der Waals surface area contributed by atoms with Crippen molar-refractivity contribution >= 4 is 0 Å². The van der Waals surface area contributed by atoms with Gasteiger partial charge in [0.25, 0.3) is 0 Å². The zero-order valence-electron chi connectivity index (χ0n) is 11.4. The summed E-state index contributed by atoms with van der Waals surface area (Å²) < 4.78 is 11.0. The maximum atomic E-state index is 9.69. The second kappa shape index (κ2) is 7.31. The van der Waals surface area contributed by atoms with E-state index in [9.17, 15) is 5.11 Å². The van der Waals surface area contributed by atoms with E-state index in [1.165, 1.54) is 0 Å². The van der Waals surface area contributed by atoms with Gasteiger partial charge in [0, 0.05) is 26.3 Å². The molecular weight excluding hydrogens is 218 g/mol. The Hall–Kier alpha value is -0.160. The van der Waals surface area contributed by atoms with Gasteiger partial charge >= 0.3 is 0 Å². The van der Waals surface area contributed by atoms with Gasteiger partial charge in [-0.2, -0.15) is 0 Å². The molecule has 2 N–H and O–H groups in total. The van der Waals surface area contributed by atoms with Crippen molar-refractivity contribution in [2.24, 2.45) is 5.92 Å². The van der Waals surface area contributed by atoms with E-state index in [0.29, 0.717) is 25.7 Å². The van der Waals surface area contributed by atoms with Gasteiger partial charge < -0.3 is 19.9 Å². The Labute approximate surface area is 105 Å². The lowest BCUT2D eigenvalue weighted by Gasteiger charge is -2.24. The SMILES string of the molecule is CC(C)COCC(O)CNCC1(C)CCCO1. The van der Waals surface area contributed by atoms with Crippen LogP contribution in [0, 0.1) is 5.92 Å². The average Bonchev–Trinajstić information content (AvgIpc) is 2.65. The van der Waals surface area contributed by atoms with E-state index in [4.69, 9.17) is 9.47 Å². The average molecular weight is 245 g/mol. The highest BCUT2D eigenvalue weighted by Gasteiger charge is 2.29. The van der Waals surface area contributed by atoms with Gasteiger partial charge in [0.1, 0.15) is 0 Å². The van der Waals surface area contributed by atoms with Crippen molar-refractivity contribution in [3.8, 4) is 0 Å². The van der Waals surface area contributed by atoms with Crippen molar-refractivity contribution in [2.45, 2.75) is 45.3 Å². The van der Waals surface area contributed by atoms with Crippen molar-refractivity contribution in [2.75, 3.05) is 32.9 Å². The van der Waals surface area contributed by atoms with Crippen LogP contribution >= 0.6 is 0 Å². The summed E-state index contributed by atoms with van der Waals surface area (Å²) in [5.74, 6) is 0.515. The molecule has 0 radical (unpaired) electrons. The van der Waals surface area contributed by atoms with Crippen LogP contribution < -0.4 is 5.32 Å². The molecule has 1 rings (SSSR count). The Morgan fingerprint density at radius 2 is 2.18 bits per heavy atom. The zero-order valence-corrected chi connectivity index (χ0v) is 11.4. The largest absolute Gasteiger partial charge is 0.389 e. The zero-order chi connectivity index (χ0) is 12.7. The van der Waals surface area contributed by atoms with Crippen molar-refractivity contribution in [1.29, 1.82) is 0 Å². The Bertz CT molecular complexity index is 203. The molecule has 4 heteroatoms. The number of aliphatic hydroxyl groups excluding tert-OH is 1. The molecule has 17 heavy (non-hydrogen) atoms. The molecule has 2 atom stereocenters. The van der Waals surface area contributed by atoms with Crippen LogP contribution in [0.2, 0.25) is 0 Å². The van der Waals surface area contributed by atoms with E-state index >= 15 is 0 Å². The summed E-state index contributed by atoms with van der Waals surface area (Å²) in [4.78, 5) is 0. The van der Waals surface area contributed by atoms with Gasteiger partial charge in [0.2, 0.25) is 0 Å². The molecule has 0 aromatic carbocycles. The van der Waals surface area contributed by atoms with E-state index in [1.54, 1.807) is 0 Å². The number of nitrogens with one attached hydrogen (secondary N) is 1. The summed E-state index contributed by atoms with van der Waals surface area (Å²) in [6.45, 7) is 9.66. The van der Waals surface area contributed by atoms with Crippen LogP contribution in [0.3, 0.4) is 0 Å². The fraction of sp³-hybridized carbons (Fsp3) is 1.00. The molecule has 0 aromatic rings. The molecule has 4 nitrogen and oxygen atoms in total. The molecule has 0 saturated carbocycles. The van der Waals surface area contributed by atoms with E-state index in [0.717, 1.165) is 26.0 Å².